The van der Waals surface area contributed by atoms with Crippen LogP contribution in [0.4, 0.5) is 0 Å². The molecule has 0 saturated carbocycles. The van der Waals surface area contributed by atoms with Gasteiger partial charge in [0.25, 0.3) is 0 Å². The lowest BCUT2D eigenvalue weighted by molar-refractivity contribution is -0.870. The topological polar surface area (TPSA) is 111 Å². The van der Waals surface area contributed by atoms with Crippen LogP contribution in [0.5, 0.6) is 0 Å². The number of quaternary nitrogens is 1. The summed E-state index contributed by atoms with van der Waals surface area (Å²) in [7, 11) is 5.87. The van der Waals surface area contributed by atoms with E-state index in [0.29, 0.717) is 30.3 Å². The number of likely N-dealkylation sites (N-methyl/N-ethyl adjacent to an activating group) is 1. The van der Waals surface area contributed by atoms with Crippen LogP contribution in [0, 0.1) is 0 Å². The Kier molecular flexibility index (Phi) is 44.6. The minimum absolute atomic E-state index is 0.126. The second-order valence-electron chi connectivity index (χ2n) is 17.4. The Bertz CT molecular complexity index is 1550. The van der Waals surface area contributed by atoms with E-state index in [4.69, 9.17) is 18.9 Å². The zero-order valence-corrected chi connectivity index (χ0v) is 42.5. The number of hydrogen-bond donors (Lipinski definition) is 0. The molecule has 0 spiro atoms. The Morgan fingerprint density at radius 2 is 0.866 bits per heavy atom. The minimum Gasteiger partial charge on any atom is -0.545 e. The summed E-state index contributed by atoms with van der Waals surface area (Å²) in [6, 6.07) is 0. The number of unbranched alkanes of at least 4 members (excludes halogenated alkanes) is 7. The van der Waals surface area contributed by atoms with E-state index in [1.54, 1.807) is 0 Å². The molecule has 0 aliphatic carbocycles. The highest BCUT2D eigenvalue weighted by atomic mass is 16.7. The Labute approximate surface area is 408 Å². The predicted molar refractivity (Wildman–Crippen MR) is 278 cm³/mol. The molecule has 0 aliphatic heterocycles. The fourth-order valence-electron chi connectivity index (χ4n) is 5.98. The molecular formula is C58H91NO8. The summed E-state index contributed by atoms with van der Waals surface area (Å²) < 4.78 is 22.5. The van der Waals surface area contributed by atoms with Crippen molar-refractivity contribution in [3.05, 3.63) is 134 Å². The van der Waals surface area contributed by atoms with Crippen LogP contribution in [0.25, 0.3) is 0 Å². The molecule has 0 N–H and O–H groups in total. The third-order valence-corrected chi connectivity index (χ3v) is 9.86. The molecule has 2 unspecified atom stereocenters. The van der Waals surface area contributed by atoms with Gasteiger partial charge in [-0.15, -0.1) is 0 Å². The SMILES string of the molecule is CC/C=C\C/C=C\C/C=C\C/C=C\C/C=C\C/C=C\C/C=C\C/C=C\C/C=C\CCCC(=O)OC(COC(=O)CCCCCCC/C=C\C/C=C\CCC)COC(OCC[N+](C)(C)C)C(=O)[O-]. The lowest BCUT2D eigenvalue weighted by Gasteiger charge is -2.26. The summed E-state index contributed by atoms with van der Waals surface area (Å²) in [4.78, 5) is 37.1. The first-order valence-corrected chi connectivity index (χ1v) is 25.3. The number of aliphatic carboxylic acids is 1. The molecule has 0 radical (unpaired) electrons. The molecule has 0 heterocycles. The van der Waals surface area contributed by atoms with Gasteiger partial charge in [-0.05, 0) is 103 Å². The van der Waals surface area contributed by atoms with Gasteiger partial charge in [0, 0.05) is 12.8 Å². The Morgan fingerprint density at radius 1 is 0.463 bits per heavy atom. The van der Waals surface area contributed by atoms with Crippen LogP contribution in [0.1, 0.15) is 155 Å². The molecule has 0 saturated heterocycles. The molecule has 0 amide bonds. The van der Waals surface area contributed by atoms with E-state index in [1.165, 1.54) is 6.42 Å². The van der Waals surface area contributed by atoms with Crippen molar-refractivity contribution in [2.75, 3.05) is 47.5 Å². The van der Waals surface area contributed by atoms with Crippen LogP contribution < -0.4 is 5.11 Å². The Hall–Kier alpha value is -4.57. The van der Waals surface area contributed by atoms with Gasteiger partial charge in [0.15, 0.2) is 12.4 Å². The van der Waals surface area contributed by atoms with Crippen molar-refractivity contribution < 1.29 is 42.9 Å². The molecule has 0 aliphatic rings. The van der Waals surface area contributed by atoms with Gasteiger partial charge in [-0.2, -0.15) is 0 Å². The summed E-state index contributed by atoms with van der Waals surface area (Å²) in [5.41, 5.74) is 0. The molecule has 9 heteroatoms. The quantitative estimate of drug-likeness (QED) is 0.0195. The van der Waals surface area contributed by atoms with E-state index in [0.717, 1.165) is 103 Å². The predicted octanol–water partition coefficient (Wildman–Crippen LogP) is 13.0. The highest BCUT2D eigenvalue weighted by molar-refractivity contribution is 5.70. The number of ether oxygens (including phenoxy) is 4. The Balaban J connectivity index is 4.47. The van der Waals surface area contributed by atoms with E-state index >= 15 is 0 Å². The average Bonchev–Trinajstić information content (AvgIpc) is 3.29. The first kappa shape index (κ1) is 62.4. The van der Waals surface area contributed by atoms with E-state index in [-0.39, 0.29) is 32.7 Å². The molecular weight excluding hydrogens is 839 g/mol. The summed E-state index contributed by atoms with van der Waals surface area (Å²) in [5.74, 6) is -2.41. The molecule has 376 valence electrons. The van der Waals surface area contributed by atoms with E-state index < -0.39 is 30.3 Å². The van der Waals surface area contributed by atoms with Crippen molar-refractivity contribution in [3.8, 4) is 0 Å². The van der Waals surface area contributed by atoms with E-state index in [2.05, 4.69) is 141 Å². The van der Waals surface area contributed by atoms with Gasteiger partial charge >= 0.3 is 11.9 Å². The van der Waals surface area contributed by atoms with Crippen LogP contribution in [0.3, 0.4) is 0 Å². The number of rotatable bonds is 44. The lowest BCUT2D eigenvalue weighted by atomic mass is 10.1. The van der Waals surface area contributed by atoms with Crippen molar-refractivity contribution in [2.45, 2.75) is 167 Å². The first-order chi connectivity index (χ1) is 32.6. The van der Waals surface area contributed by atoms with Gasteiger partial charge in [0.2, 0.25) is 0 Å². The third-order valence-electron chi connectivity index (χ3n) is 9.86. The second-order valence-corrected chi connectivity index (χ2v) is 17.4. The van der Waals surface area contributed by atoms with Crippen LogP contribution >= 0.6 is 0 Å². The smallest absolute Gasteiger partial charge is 0.306 e. The van der Waals surface area contributed by atoms with Crippen molar-refractivity contribution in [1.29, 1.82) is 0 Å². The molecule has 0 aromatic rings. The fraction of sp³-hybridized carbons (Fsp3) is 0.569. The highest BCUT2D eigenvalue weighted by Gasteiger charge is 2.21. The molecule has 0 fully saturated rings. The number of allylic oxidation sites excluding steroid dienone is 22. The van der Waals surface area contributed by atoms with Gasteiger partial charge in [-0.25, -0.2) is 0 Å². The maximum atomic E-state index is 12.8. The van der Waals surface area contributed by atoms with Crippen LogP contribution in [0.2, 0.25) is 0 Å². The number of carbonyl (C=O) groups excluding carboxylic acids is 3. The molecule has 0 rings (SSSR count). The van der Waals surface area contributed by atoms with Crippen molar-refractivity contribution in [2.24, 2.45) is 0 Å². The lowest BCUT2D eigenvalue weighted by Crippen LogP contribution is -2.44. The fourth-order valence-corrected chi connectivity index (χ4v) is 5.98. The molecule has 67 heavy (non-hydrogen) atoms. The van der Waals surface area contributed by atoms with Crippen molar-refractivity contribution in [1.82, 2.24) is 0 Å². The Morgan fingerprint density at radius 3 is 1.31 bits per heavy atom. The molecule has 0 bridgehead atoms. The average molecular weight is 930 g/mol. The molecule has 2 atom stereocenters. The van der Waals surface area contributed by atoms with Crippen molar-refractivity contribution >= 4 is 17.9 Å². The van der Waals surface area contributed by atoms with Gasteiger partial charge in [-0.3, -0.25) is 9.59 Å². The summed E-state index contributed by atoms with van der Waals surface area (Å²) in [6.45, 7) is 4.44. The normalized spacial score (nSPS) is 14.0. The van der Waals surface area contributed by atoms with Gasteiger partial charge < -0.3 is 33.3 Å². The third kappa shape index (κ3) is 49.2. The number of carboxylic acid groups (broad SMARTS) is 1. The zero-order chi connectivity index (χ0) is 49.2. The second kappa shape index (κ2) is 47.9. The standard InChI is InChI=1S/C58H91NO8/c1-6-8-10-12-14-16-18-20-21-22-23-24-25-26-27-28-29-30-31-32-33-34-35-37-39-41-43-45-47-49-56(61)67-54(53-66-58(57(62)63)64-51-50-59(3,4)5)52-65-55(60)48-46-44-42-40-38-36-19-17-15-13-11-9-7-2/h8,10-11,13-14,16-17,19-21,23-24,26-27,29-30,32-33,35,37,41,43,54,58H,6-7,9,12,15,18,22,25,28,31,34,36,38-40,42,44-53H2,1-5H3/b10-8-,13-11-,16-14-,19-17-,21-20-,24-23-,27-26-,30-29-,33-32-,37-35-,43-41-. The van der Waals surface area contributed by atoms with Crippen molar-refractivity contribution in [3.63, 3.8) is 0 Å². The number of carboxylic acids is 1. The first-order valence-electron chi connectivity index (χ1n) is 25.3. The number of esters is 2. The number of hydrogen-bond acceptors (Lipinski definition) is 8. The van der Waals surface area contributed by atoms with Gasteiger partial charge in [-0.1, -0.05) is 173 Å². The van der Waals surface area contributed by atoms with Crippen LogP contribution in [0.15, 0.2) is 134 Å². The van der Waals surface area contributed by atoms with Gasteiger partial charge in [0.05, 0.1) is 40.3 Å². The summed E-state index contributed by atoms with van der Waals surface area (Å²) in [6.07, 6.45) is 65.0. The highest BCUT2D eigenvalue weighted by Crippen LogP contribution is 2.11. The largest absolute Gasteiger partial charge is 0.545 e. The summed E-state index contributed by atoms with van der Waals surface area (Å²) in [5, 5.41) is 11.7. The number of nitrogens with zero attached hydrogens (tertiary/aromatic N) is 1. The number of carbonyl (C=O) groups is 3. The maximum Gasteiger partial charge on any atom is 0.306 e. The molecule has 0 aromatic heterocycles. The van der Waals surface area contributed by atoms with Gasteiger partial charge in [0.1, 0.15) is 13.2 Å². The van der Waals surface area contributed by atoms with E-state index in [1.807, 2.05) is 27.2 Å². The summed E-state index contributed by atoms with van der Waals surface area (Å²) >= 11 is 0. The minimum atomic E-state index is -1.65. The zero-order valence-electron chi connectivity index (χ0n) is 42.5. The van der Waals surface area contributed by atoms with Crippen LogP contribution in [-0.2, 0) is 33.3 Å². The van der Waals surface area contributed by atoms with E-state index in [9.17, 15) is 19.5 Å². The molecule has 0 aromatic carbocycles. The monoisotopic (exact) mass is 930 g/mol. The molecule has 9 nitrogen and oxygen atoms in total. The maximum absolute atomic E-state index is 12.8. The van der Waals surface area contributed by atoms with Crippen LogP contribution in [-0.4, -0.2) is 82.3 Å².